The number of carbonyl (C=O) groups is 4. The summed E-state index contributed by atoms with van der Waals surface area (Å²) in [4.78, 5) is 50.5. The van der Waals surface area contributed by atoms with Gasteiger partial charge in [0.25, 0.3) is 5.91 Å². The van der Waals surface area contributed by atoms with Crippen LogP contribution in [0, 0.1) is 0 Å². The highest BCUT2D eigenvalue weighted by atomic mass is 16.5. The first-order chi connectivity index (χ1) is 14.8. The molecule has 8 heteroatoms. The van der Waals surface area contributed by atoms with Crippen LogP contribution in [0.2, 0.25) is 0 Å². The third kappa shape index (κ3) is 3.76. The molecular weight excluding hydrogens is 398 g/mol. The number of rotatable bonds is 5. The molecule has 8 nitrogen and oxygen atoms in total. The van der Waals surface area contributed by atoms with Gasteiger partial charge in [-0.25, -0.2) is 9.59 Å². The Balaban J connectivity index is 1.45. The fourth-order valence-corrected chi connectivity index (χ4v) is 4.07. The zero-order valence-corrected chi connectivity index (χ0v) is 17.4. The Labute approximate surface area is 179 Å². The Hall–Kier alpha value is -3.68. The van der Waals surface area contributed by atoms with Crippen molar-refractivity contribution in [3.05, 3.63) is 64.7 Å². The molecule has 1 atom stereocenters. The number of methoxy groups -OCH3 is 1. The van der Waals surface area contributed by atoms with Crippen molar-refractivity contribution in [2.75, 3.05) is 19.0 Å². The van der Waals surface area contributed by atoms with Crippen molar-refractivity contribution in [1.82, 2.24) is 10.2 Å². The summed E-state index contributed by atoms with van der Waals surface area (Å²) in [7, 11) is 1.28. The molecule has 1 saturated heterocycles. The fourth-order valence-electron chi connectivity index (χ4n) is 4.07. The summed E-state index contributed by atoms with van der Waals surface area (Å²) in [6, 6.07) is 11.4. The van der Waals surface area contributed by atoms with Crippen LogP contribution in [-0.4, -0.2) is 42.4 Å². The van der Waals surface area contributed by atoms with Crippen LogP contribution in [-0.2, 0) is 32.7 Å². The maximum absolute atomic E-state index is 13.1. The lowest BCUT2D eigenvalue weighted by Gasteiger charge is -2.23. The van der Waals surface area contributed by atoms with Gasteiger partial charge in [-0.1, -0.05) is 18.2 Å². The average Bonchev–Trinajstić information content (AvgIpc) is 3.32. The molecule has 0 unspecified atom stereocenters. The molecule has 2 aromatic carbocycles. The highest BCUT2D eigenvalue weighted by molar-refractivity contribution is 6.10. The lowest BCUT2D eigenvalue weighted by atomic mass is 9.89. The number of esters is 1. The Morgan fingerprint density at radius 2 is 1.81 bits per heavy atom. The molecule has 1 aliphatic carbocycles. The van der Waals surface area contributed by atoms with E-state index in [4.69, 9.17) is 0 Å². The zero-order valence-electron chi connectivity index (χ0n) is 17.4. The molecule has 0 radical (unpaired) electrons. The number of imide groups is 1. The molecule has 4 rings (SSSR count). The highest BCUT2D eigenvalue weighted by Crippen LogP contribution is 2.32. The number of amides is 4. The van der Waals surface area contributed by atoms with Crippen molar-refractivity contribution in [1.29, 1.82) is 0 Å². The van der Waals surface area contributed by atoms with Gasteiger partial charge < -0.3 is 15.4 Å². The molecule has 31 heavy (non-hydrogen) atoms. The van der Waals surface area contributed by atoms with Crippen molar-refractivity contribution in [3.63, 3.8) is 0 Å². The first-order valence-corrected chi connectivity index (χ1v) is 10.1. The number of urea groups is 1. The second-order valence-electron chi connectivity index (χ2n) is 7.90. The quantitative estimate of drug-likeness (QED) is 0.570. The number of ether oxygens (including phenoxy) is 1. The van der Waals surface area contributed by atoms with Gasteiger partial charge in [0.05, 0.1) is 12.7 Å². The van der Waals surface area contributed by atoms with Crippen LogP contribution < -0.4 is 10.6 Å². The standard InChI is InChI=1S/C23H23N3O5/c1-23(17-9-6-14-4-3-5-16(14)12-17)21(29)26(22(30)25-23)13-19(27)24-18-10-7-15(8-11-18)20(28)31-2/h6-12H,3-5,13H2,1-2H3,(H,24,27)(H,25,30)/t23-/m1/s1. The normalized spacial score (nSPS) is 19.7. The van der Waals surface area contributed by atoms with Gasteiger partial charge in [-0.05, 0) is 67.1 Å². The highest BCUT2D eigenvalue weighted by Gasteiger charge is 2.49. The minimum Gasteiger partial charge on any atom is -0.465 e. The van der Waals surface area contributed by atoms with Gasteiger partial charge in [-0.2, -0.15) is 0 Å². The number of hydrogen-bond acceptors (Lipinski definition) is 5. The van der Waals surface area contributed by atoms with Gasteiger partial charge in [-0.3, -0.25) is 14.5 Å². The minimum atomic E-state index is -1.21. The Bertz CT molecular complexity index is 1080. The molecule has 0 saturated carbocycles. The molecule has 1 fully saturated rings. The molecule has 160 valence electrons. The van der Waals surface area contributed by atoms with Crippen molar-refractivity contribution >= 4 is 29.5 Å². The number of aryl methyl sites for hydroxylation is 2. The van der Waals surface area contributed by atoms with Crippen molar-refractivity contribution < 1.29 is 23.9 Å². The Morgan fingerprint density at radius 1 is 1.10 bits per heavy atom. The number of hydrogen-bond donors (Lipinski definition) is 2. The second kappa shape index (κ2) is 7.86. The van der Waals surface area contributed by atoms with E-state index in [-0.39, 0.29) is 0 Å². The van der Waals surface area contributed by atoms with Crippen LogP contribution in [0.3, 0.4) is 0 Å². The summed E-state index contributed by atoms with van der Waals surface area (Å²) in [5.41, 5.74) is 2.77. The molecule has 2 aromatic rings. The monoisotopic (exact) mass is 421 g/mol. The zero-order chi connectivity index (χ0) is 22.2. The number of nitrogens with zero attached hydrogens (tertiary/aromatic N) is 1. The van der Waals surface area contributed by atoms with E-state index >= 15 is 0 Å². The van der Waals surface area contributed by atoms with E-state index < -0.39 is 35.9 Å². The van der Waals surface area contributed by atoms with Crippen LogP contribution in [0.15, 0.2) is 42.5 Å². The van der Waals surface area contributed by atoms with Crippen LogP contribution in [0.5, 0.6) is 0 Å². The molecule has 1 heterocycles. The van der Waals surface area contributed by atoms with Gasteiger partial charge in [0.1, 0.15) is 12.1 Å². The number of anilines is 1. The number of benzene rings is 2. The van der Waals surface area contributed by atoms with Crippen LogP contribution in [0.25, 0.3) is 0 Å². The lowest BCUT2D eigenvalue weighted by Crippen LogP contribution is -2.42. The van der Waals surface area contributed by atoms with E-state index in [9.17, 15) is 19.2 Å². The maximum atomic E-state index is 13.1. The van der Waals surface area contributed by atoms with Gasteiger partial charge in [0.2, 0.25) is 5.91 Å². The molecule has 2 N–H and O–H groups in total. The van der Waals surface area contributed by atoms with Crippen molar-refractivity contribution in [2.24, 2.45) is 0 Å². The topological polar surface area (TPSA) is 105 Å². The van der Waals surface area contributed by atoms with E-state index in [1.807, 2.05) is 18.2 Å². The number of nitrogens with one attached hydrogen (secondary N) is 2. The Morgan fingerprint density at radius 3 is 2.52 bits per heavy atom. The summed E-state index contributed by atoms with van der Waals surface area (Å²) in [5.74, 6) is -1.47. The molecule has 0 aromatic heterocycles. The van der Waals surface area contributed by atoms with E-state index in [0.717, 1.165) is 24.2 Å². The molecule has 2 aliphatic rings. The van der Waals surface area contributed by atoms with Crippen molar-refractivity contribution in [3.8, 4) is 0 Å². The Kier molecular flexibility index (Phi) is 5.22. The lowest BCUT2D eigenvalue weighted by molar-refractivity contribution is -0.133. The van der Waals surface area contributed by atoms with E-state index in [0.29, 0.717) is 16.8 Å². The summed E-state index contributed by atoms with van der Waals surface area (Å²) in [6.45, 7) is 1.25. The average molecular weight is 421 g/mol. The summed E-state index contributed by atoms with van der Waals surface area (Å²) in [5, 5.41) is 5.37. The van der Waals surface area contributed by atoms with E-state index in [1.165, 1.54) is 30.4 Å². The first-order valence-electron chi connectivity index (χ1n) is 10.1. The first kappa shape index (κ1) is 20.6. The van der Waals surface area contributed by atoms with E-state index in [2.05, 4.69) is 15.4 Å². The van der Waals surface area contributed by atoms with E-state index in [1.54, 1.807) is 19.1 Å². The van der Waals surface area contributed by atoms with Gasteiger partial charge in [0.15, 0.2) is 0 Å². The van der Waals surface area contributed by atoms with Crippen LogP contribution in [0.1, 0.15) is 40.4 Å². The van der Waals surface area contributed by atoms with Crippen LogP contribution in [0.4, 0.5) is 10.5 Å². The largest absolute Gasteiger partial charge is 0.465 e. The number of fused-ring (bicyclic) bond motifs is 1. The molecule has 4 amide bonds. The minimum absolute atomic E-state index is 0.347. The second-order valence-corrected chi connectivity index (χ2v) is 7.90. The summed E-state index contributed by atoms with van der Waals surface area (Å²) >= 11 is 0. The van der Waals surface area contributed by atoms with Gasteiger partial charge in [-0.15, -0.1) is 0 Å². The molecule has 1 aliphatic heterocycles. The fraction of sp³-hybridized carbons (Fsp3) is 0.304. The number of carbonyl (C=O) groups excluding carboxylic acids is 4. The van der Waals surface area contributed by atoms with Crippen molar-refractivity contribution in [2.45, 2.75) is 31.7 Å². The van der Waals surface area contributed by atoms with Gasteiger partial charge in [0, 0.05) is 5.69 Å². The van der Waals surface area contributed by atoms with Crippen LogP contribution >= 0.6 is 0 Å². The summed E-state index contributed by atoms with van der Waals surface area (Å²) < 4.78 is 4.64. The predicted molar refractivity (Wildman–Crippen MR) is 112 cm³/mol. The molecule has 0 spiro atoms. The molecule has 0 bridgehead atoms. The SMILES string of the molecule is COC(=O)c1ccc(NC(=O)CN2C(=O)N[C@](C)(c3ccc4c(c3)CCC4)C2=O)cc1. The summed E-state index contributed by atoms with van der Waals surface area (Å²) in [6.07, 6.45) is 3.07. The predicted octanol–water partition coefficient (Wildman–Crippen LogP) is 2.37. The van der Waals surface area contributed by atoms with Gasteiger partial charge >= 0.3 is 12.0 Å². The smallest absolute Gasteiger partial charge is 0.337 e. The molecular formula is C23H23N3O5. The third-order valence-electron chi connectivity index (χ3n) is 5.84. The third-order valence-corrected chi connectivity index (χ3v) is 5.84. The maximum Gasteiger partial charge on any atom is 0.337 e.